The van der Waals surface area contributed by atoms with E-state index in [1.807, 2.05) is 19.9 Å². The molecule has 0 amide bonds. The lowest BCUT2D eigenvalue weighted by Crippen LogP contribution is -2.08. The first-order chi connectivity index (χ1) is 11.4. The third-order valence-corrected chi connectivity index (χ3v) is 4.65. The maximum Gasteiger partial charge on any atom is 0.138 e. The zero-order valence-corrected chi connectivity index (χ0v) is 16.5. The summed E-state index contributed by atoms with van der Waals surface area (Å²) < 4.78 is 5.90. The molecule has 0 N–H and O–H groups in total. The monoisotopic (exact) mass is 352 g/mol. The van der Waals surface area contributed by atoms with Gasteiger partial charge in [0.25, 0.3) is 0 Å². The molecule has 0 aromatic heterocycles. The van der Waals surface area contributed by atoms with Crippen molar-refractivity contribution >= 4 is 17.4 Å². The van der Waals surface area contributed by atoms with Gasteiger partial charge in [0.2, 0.25) is 0 Å². The number of carbonyl (C=O) groups excluding carboxylic acids is 1. The molecule has 0 aliphatic carbocycles. The van der Waals surface area contributed by atoms with Crippen molar-refractivity contribution in [1.82, 2.24) is 0 Å². The van der Waals surface area contributed by atoms with Crippen molar-refractivity contribution in [2.24, 2.45) is 11.8 Å². The van der Waals surface area contributed by atoms with Gasteiger partial charge in [-0.2, -0.15) is 0 Å². The fourth-order valence-corrected chi connectivity index (χ4v) is 2.89. The van der Waals surface area contributed by atoms with E-state index in [0.29, 0.717) is 29.8 Å². The number of Topliss-reactive ketones (excluding diaryl/α,β-unsaturated/α-hetero) is 1. The highest BCUT2D eigenvalue weighted by Crippen LogP contribution is 2.27. The van der Waals surface area contributed by atoms with Crippen LogP contribution in [0.3, 0.4) is 0 Å². The molecule has 0 spiro atoms. The molecule has 1 atom stereocenters. The van der Waals surface area contributed by atoms with Gasteiger partial charge in [0.05, 0.1) is 11.6 Å². The van der Waals surface area contributed by atoms with Crippen molar-refractivity contribution in [2.75, 3.05) is 6.61 Å². The first kappa shape index (κ1) is 21.0. The molecular weight excluding hydrogens is 320 g/mol. The first-order valence-corrected chi connectivity index (χ1v) is 9.75. The second-order valence-corrected chi connectivity index (χ2v) is 7.56. The summed E-state index contributed by atoms with van der Waals surface area (Å²) in [5.41, 5.74) is 1.26. The molecule has 0 saturated carbocycles. The van der Waals surface area contributed by atoms with Crippen molar-refractivity contribution in [3.63, 3.8) is 0 Å². The normalized spacial score (nSPS) is 12.4. The number of halogens is 1. The maximum atomic E-state index is 11.6. The molecule has 1 aromatic rings. The second-order valence-electron chi connectivity index (χ2n) is 7.15. The topological polar surface area (TPSA) is 26.3 Å². The van der Waals surface area contributed by atoms with E-state index in [0.717, 1.165) is 31.4 Å². The lowest BCUT2D eigenvalue weighted by Gasteiger charge is -2.14. The molecule has 0 heterocycles. The van der Waals surface area contributed by atoms with Crippen molar-refractivity contribution in [2.45, 2.75) is 72.6 Å². The quantitative estimate of drug-likeness (QED) is 0.402. The lowest BCUT2D eigenvalue weighted by atomic mass is 10.0. The van der Waals surface area contributed by atoms with Gasteiger partial charge in [-0.1, -0.05) is 58.2 Å². The number of ketones is 1. The summed E-state index contributed by atoms with van der Waals surface area (Å²) in [4.78, 5) is 11.6. The Hall–Kier alpha value is -1.02. The van der Waals surface area contributed by atoms with Crippen LogP contribution in [0.4, 0.5) is 0 Å². The third-order valence-electron chi connectivity index (χ3n) is 4.33. The Bertz CT molecular complexity index is 497. The number of hydrogen-bond acceptors (Lipinski definition) is 2. The van der Waals surface area contributed by atoms with Crippen molar-refractivity contribution in [3.05, 3.63) is 28.8 Å². The number of hydrogen-bond donors (Lipinski definition) is 0. The van der Waals surface area contributed by atoms with Crippen molar-refractivity contribution in [1.29, 1.82) is 0 Å². The summed E-state index contributed by atoms with van der Waals surface area (Å²) in [5, 5.41) is 0.685. The van der Waals surface area contributed by atoms with Crippen LogP contribution in [-0.2, 0) is 11.2 Å². The molecule has 0 bridgehead atoms. The average molecular weight is 353 g/mol. The van der Waals surface area contributed by atoms with Gasteiger partial charge in [0.1, 0.15) is 11.5 Å². The van der Waals surface area contributed by atoms with Crippen LogP contribution < -0.4 is 4.74 Å². The van der Waals surface area contributed by atoms with Gasteiger partial charge in [-0.05, 0) is 49.3 Å². The van der Waals surface area contributed by atoms with Crippen LogP contribution in [0.25, 0.3) is 0 Å². The average Bonchev–Trinajstić information content (AvgIpc) is 2.54. The smallest absolute Gasteiger partial charge is 0.138 e. The Labute approximate surface area is 152 Å². The largest absolute Gasteiger partial charge is 0.492 e. The van der Waals surface area contributed by atoms with E-state index in [1.165, 1.54) is 18.4 Å². The van der Waals surface area contributed by atoms with Crippen LogP contribution in [0, 0.1) is 11.8 Å². The zero-order chi connectivity index (χ0) is 17.9. The van der Waals surface area contributed by atoms with E-state index >= 15 is 0 Å². The molecule has 1 rings (SSSR count). The fraction of sp³-hybridized carbons (Fsp3) is 0.667. The molecule has 3 heteroatoms. The Morgan fingerprint density at radius 2 is 1.92 bits per heavy atom. The standard InChI is InChI=1S/C21H33ClO2/c1-5-9-17(4)15-24-21-14-18(12-13-19(21)22)10-7-6-8-11-20(23)16(2)3/h12-14,16-17H,5-11,15H2,1-4H3. The van der Waals surface area contributed by atoms with Crippen molar-refractivity contribution in [3.8, 4) is 5.75 Å². The van der Waals surface area contributed by atoms with E-state index in [2.05, 4.69) is 26.0 Å². The molecule has 0 radical (unpaired) electrons. The van der Waals surface area contributed by atoms with Crippen LogP contribution in [-0.4, -0.2) is 12.4 Å². The van der Waals surface area contributed by atoms with Crippen LogP contribution >= 0.6 is 11.6 Å². The predicted molar refractivity (Wildman–Crippen MR) is 103 cm³/mol. The van der Waals surface area contributed by atoms with Gasteiger partial charge in [-0.15, -0.1) is 0 Å². The van der Waals surface area contributed by atoms with E-state index < -0.39 is 0 Å². The maximum absolute atomic E-state index is 11.6. The molecule has 0 aliphatic heterocycles. The van der Waals surface area contributed by atoms with E-state index in [1.54, 1.807) is 0 Å². The summed E-state index contributed by atoms with van der Waals surface area (Å²) in [6.45, 7) is 9.06. The number of aryl methyl sites for hydroxylation is 1. The SMILES string of the molecule is CCCC(C)COc1cc(CCCCCC(=O)C(C)C)ccc1Cl. The fourth-order valence-electron chi connectivity index (χ4n) is 2.72. The minimum atomic E-state index is 0.163. The molecule has 0 saturated heterocycles. The highest BCUT2D eigenvalue weighted by atomic mass is 35.5. The van der Waals surface area contributed by atoms with Gasteiger partial charge in [-0.3, -0.25) is 4.79 Å². The summed E-state index contributed by atoms with van der Waals surface area (Å²) in [5.74, 6) is 1.88. The molecule has 1 unspecified atom stereocenters. The summed E-state index contributed by atoms with van der Waals surface area (Å²) in [6.07, 6.45) is 7.24. The molecule has 24 heavy (non-hydrogen) atoms. The lowest BCUT2D eigenvalue weighted by molar-refractivity contribution is -0.122. The molecular formula is C21H33ClO2. The van der Waals surface area contributed by atoms with E-state index in [-0.39, 0.29) is 5.92 Å². The Morgan fingerprint density at radius 1 is 1.17 bits per heavy atom. The second kappa shape index (κ2) is 11.5. The third kappa shape index (κ3) is 8.19. The van der Waals surface area contributed by atoms with E-state index in [4.69, 9.17) is 16.3 Å². The Kier molecular flexibility index (Phi) is 10.1. The van der Waals surface area contributed by atoms with Gasteiger partial charge in [0, 0.05) is 12.3 Å². The minimum Gasteiger partial charge on any atom is -0.492 e. The molecule has 1 aromatic carbocycles. The van der Waals surface area contributed by atoms with Gasteiger partial charge >= 0.3 is 0 Å². The van der Waals surface area contributed by atoms with Crippen LogP contribution in [0.5, 0.6) is 5.75 Å². The minimum absolute atomic E-state index is 0.163. The number of carbonyl (C=O) groups is 1. The van der Waals surface area contributed by atoms with Crippen LogP contribution in [0.1, 0.15) is 71.8 Å². The Balaban J connectivity index is 2.38. The number of rotatable bonds is 12. The predicted octanol–water partition coefficient (Wildman–Crippen LogP) is 6.48. The summed E-state index contributed by atoms with van der Waals surface area (Å²) in [6, 6.07) is 6.07. The van der Waals surface area contributed by atoms with Gasteiger partial charge in [0.15, 0.2) is 0 Å². The first-order valence-electron chi connectivity index (χ1n) is 9.38. The molecule has 136 valence electrons. The molecule has 0 aliphatic rings. The van der Waals surface area contributed by atoms with Crippen molar-refractivity contribution < 1.29 is 9.53 Å². The van der Waals surface area contributed by atoms with Crippen LogP contribution in [0.15, 0.2) is 18.2 Å². The molecule has 2 nitrogen and oxygen atoms in total. The Morgan fingerprint density at radius 3 is 2.58 bits per heavy atom. The van der Waals surface area contributed by atoms with Crippen LogP contribution in [0.2, 0.25) is 5.02 Å². The highest BCUT2D eigenvalue weighted by Gasteiger charge is 2.08. The number of unbranched alkanes of at least 4 members (excludes halogenated alkanes) is 2. The summed E-state index contributed by atoms with van der Waals surface area (Å²) in [7, 11) is 0. The number of benzene rings is 1. The zero-order valence-electron chi connectivity index (χ0n) is 15.7. The molecule has 0 fully saturated rings. The number of ether oxygens (including phenoxy) is 1. The van der Waals surface area contributed by atoms with Gasteiger partial charge < -0.3 is 4.74 Å². The highest BCUT2D eigenvalue weighted by molar-refractivity contribution is 6.32. The van der Waals surface area contributed by atoms with E-state index in [9.17, 15) is 4.79 Å². The van der Waals surface area contributed by atoms with Gasteiger partial charge in [-0.25, -0.2) is 0 Å². The summed E-state index contributed by atoms with van der Waals surface area (Å²) >= 11 is 6.24.